The van der Waals surface area contributed by atoms with Crippen molar-refractivity contribution in [1.29, 1.82) is 0 Å². The highest BCUT2D eigenvalue weighted by molar-refractivity contribution is 5.77. The lowest BCUT2D eigenvalue weighted by Crippen LogP contribution is -2.18. The zero-order valence-corrected chi connectivity index (χ0v) is 6.55. The summed E-state index contributed by atoms with van der Waals surface area (Å²) in [5.74, 6) is -0.584. The summed E-state index contributed by atoms with van der Waals surface area (Å²) in [5, 5.41) is 8.82. The largest absolute Gasteiger partial charge is 0.481 e. The Labute approximate surface area is 66.0 Å². The van der Waals surface area contributed by atoms with Gasteiger partial charge in [0.15, 0.2) is 0 Å². The van der Waals surface area contributed by atoms with Gasteiger partial charge in [-0.05, 0) is 25.8 Å². The second-order valence-corrected chi connectivity index (χ2v) is 3.68. The molecule has 1 aliphatic carbocycles. The van der Waals surface area contributed by atoms with Crippen molar-refractivity contribution < 1.29 is 9.90 Å². The average molecular weight is 155 g/mol. The van der Waals surface area contributed by atoms with Crippen molar-refractivity contribution in [3.63, 3.8) is 0 Å². The van der Waals surface area contributed by atoms with Gasteiger partial charge < -0.3 is 10.0 Å². The predicted molar refractivity (Wildman–Crippen MR) is 40.4 cm³/mol. The first kappa shape index (κ1) is 7.10. The number of nitrogens with zero attached hydrogens (tertiary/aromatic N) is 1. The Morgan fingerprint density at radius 3 is 2.45 bits per heavy atom. The van der Waals surface area contributed by atoms with E-state index in [1.165, 1.54) is 13.1 Å². The molecular formula is C8H13NO2. The first-order valence-electron chi connectivity index (χ1n) is 4.19. The minimum absolute atomic E-state index is 0.303. The van der Waals surface area contributed by atoms with Crippen LogP contribution in [0.4, 0.5) is 0 Å². The first-order chi connectivity index (χ1) is 5.23. The van der Waals surface area contributed by atoms with Gasteiger partial charge in [0.25, 0.3) is 0 Å². The third-order valence-electron chi connectivity index (χ3n) is 2.75. The quantitative estimate of drug-likeness (QED) is 0.603. The minimum Gasteiger partial charge on any atom is -0.481 e. The smallest absolute Gasteiger partial charge is 0.309 e. The fourth-order valence-electron chi connectivity index (χ4n) is 1.39. The maximum Gasteiger partial charge on any atom is 0.309 e. The van der Waals surface area contributed by atoms with Crippen LogP contribution in [0.15, 0.2) is 0 Å². The molecule has 0 amide bonds. The van der Waals surface area contributed by atoms with E-state index in [0.717, 1.165) is 25.8 Å². The molecule has 0 aromatic rings. The lowest BCUT2D eigenvalue weighted by atomic mass is 10.0. The molecule has 1 heterocycles. The van der Waals surface area contributed by atoms with Gasteiger partial charge in [-0.3, -0.25) is 4.79 Å². The summed E-state index contributed by atoms with van der Waals surface area (Å²) in [6.45, 7) is 3.34. The van der Waals surface area contributed by atoms with Crippen molar-refractivity contribution in [2.24, 2.45) is 5.41 Å². The highest BCUT2D eigenvalue weighted by Gasteiger charge is 2.50. The van der Waals surface area contributed by atoms with Crippen LogP contribution < -0.4 is 0 Å². The molecule has 2 aliphatic rings. The summed E-state index contributed by atoms with van der Waals surface area (Å²) in [4.78, 5) is 13.0. The van der Waals surface area contributed by atoms with Crippen LogP contribution in [0.2, 0.25) is 0 Å². The standard InChI is InChI=1S/C8H13NO2/c10-7(11)8(1-2-8)3-4-9-5-6-9/h1-6H2,(H,10,11). The van der Waals surface area contributed by atoms with E-state index < -0.39 is 5.97 Å². The average Bonchev–Trinajstić information content (AvgIpc) is 2.82. The van der Waals surface area contributed by atoms with Gasteiger partial charge in [-0.15, -0.1) is 0 Å². The Kier molecular flexibility index (Phi) is 1.42. The molecule has 2 rings (SSSR count). The van der Waals surface area contributed by atoms with Crippen molar-refractivity contribution in [2.45, 2.75) is 19.3 Å². The van der Waals surface area contributed by atoms with Crippen LogP contribution >= 0.6 is 0 Å². The molecule has 0 spiro atoms. The summed E-state index contributed by atoms with van der Waals surface area (Å²) in [6, 6.07) is 0. The van der Waals surface area contributed by atoms with Gasteiger partial charge in [-0.1, -0.05) is 0 Å². The lowest BCUT2D eigenvalue weighted by molar-refractivity contribution is -0.143. The summed E-state index contributed by atoms with van der Waals surface area (Å²) < 4.78 is 0. The second kappa shape index (κ2) is 2.21. The monoisotopic (exact) mass is 155 g/mol. The van der Waals surface area contributed by atoms with E-state index in [-0.39, 0.29) is 5.41 Å². The molecule has 0 bridgehead atoms. The maximum atomic E-state index is 10.7. The van der Waals surface area contributed by atoms with Crippen molar-refractivity contribution >= 4 is 5.97 Å². The SMILES string of the molecule is O=C(O)C1(CCN2CC2)CC1. The highest BCUT2D eigenvalue weighted by atomic mass is 16.4. The second-order valence-electron chi connectivity index (χ2n) is 3.68. The molecule has 0 aromatic carbocycles. The molecule has 62 valence electrons. The third-order valence-corrected chi connectivity index (χ3v) is 2.75. The van der Waals surface area contributed by atoms with Gasteiger partial charge in [0.1, 0.15) is 0 Å². The number of rotatable bonds is 4. The number of carboxylic acid groups (broad SMARTS) is 1. The van der Waals surface area contributed by atoms with Crippen LogP contribution in [0.1, 0.15) is 19.3 Å². The predicted octanol–water partition coefficient (Wildman–Crippen LogP) is 0.557. The van der Waals surface area contributed by atoms with E-state index in [0.29, 0.717) is 0 Å². The fraction of sp³-hybridized carbons (Fsp3) is 0.875. The van der Waals surface area contributed by atoms with Gasteiger partial charge in [0.05, 0.1) is 5.41 Å². The van der Waals surface area contributed by atoms with E-state index >= 15 is 0 Å². The van der Waals surface area contributed by atoms with Crippen LogP contribution in [-0.4, -0.2) is 35.6 Å². The van der Waals surface area contributed by atoms with Crippen LogP contribution in [0.3, 0.4) is 0 Å². The van der Waals surface area contributed by atoms with Crippen molar-refractivity contribution in [1.82, 2.24) is 4.90 Å². The third kappa shape index (κ3) is 1.38. The molecule has 11 heavy (non-hydrogen) atoms. The molecule has 1 aliphatic heterocycles. The van der Waals surface area contributed by atoms with Crippen LogP contribution in [0.5, 0.6) is 0 Å². The van der Waals surface area contributed by atoms with Gasteiger partial charge in [0, 0.05) is 13.1 Å². The van der Waals surface area contributed by atoms with Crippen molar-refractivity contribution in [3.8, 4) is 0 Å². The molecule has 3 nitrogen and oxygen atoms in total. The summed E-state index contributed by atoms with van der Waals surface area (Å²) >= 11 is 0. The van der Waals surface area contributed by atoms with Crippen LogP contribution in [0.25, 0.3) is 0 Å². The number of carbonyl (C=O) groups is 1. The molecule has 0 unspecified atom stereocenters. The Bertz CT molecular complexity index is 183. The number of aliphatic carboxylic acids is 1. The molecule has 2 fully saturated rings. The number of hydrogen-bond donors (Lipinski definition) is 1. The summed E-state index contributed by atoms with van der Waals surface area (Å²) in [5.41, 5.74) is -0.303. The topological polar surface area (TPSA) is 40.3 Å². The number of hydrogen-bond acceptors (Lipinski definition) is 2. The zero-order chi connectivity index (χ0) is 7.90. The van der Waals surface area contributed by atoms with E-state index in [1.54, 1.807) is 0 Å². The molecule has 3 heteroatoms. The van der Waals surface area contributed by atoms with E-state index in [4.69, 9.17) is 5.11 Å². The van der Waals surface area contributed by atoms with E-state index in [2.05, 4.69) is 4.90 Å². The Hall–Kier alpha value is -0.570. The van der Waals surface area contributed by atoms with Gasteiger partial charge in [-0.25, -0.2) is 0 Å². The van der Waals surface area contributed by atoms with Gasteiger partial charge in [0.2, 0.25) is 0 Å². The van der Waals surface area contributed by atoms with Gasteiger partial charge in [-0.2, -0.15) is 0 Å². The normalized spacial score (nSPS) is 26.5. The van der Waals surface area contributed by atoms with Crippen LogP contribution in [-0.2, 0) is 4.79 Å². The Balaban J connectivity index is 1.79. The maximum absolute atomic E-state index is 10.7. The Morgan fingerprint density at radius 2 is 2.09 bits per heavy atom. The molecule has 1 N–H and O–H groups in total. The highest BCUT2D eigenvalue weighted by Crippen LogP contribution is 2.49. The molecule has 0 radical (unpaired) electrons. The molecule has 1 saturated carbocycles. The Morgan fingerprint density at radius 1 is 1.45 bits per heavy atom. The number of carboxylic acids is 1. The fourth-order valence-corrected chi connectivity index (χ4v) is 1.39. The molecule has 0 atom stereocenters. The van der Waals surface area contributed by atoms with E-state index in [9.17, 15) is 4.79 Å². The minimum atomic E-state index is -0.584. The van der Waals surface area contributed by atoms with Crippen LogP contribution in [0, 0.1) is 5.41 Å². The van der Waals surface area contributed by atoms with Crippen molar-refractivity contribution in [2.75, 3.05) is 19.6 Å². The molecule has 1 saturated heterocycles. The first-order valence-corrected chi connectivity index (χ1v) is 4.19. The van der Waals surface area contributed by atoms with E-state index in [1.807, 2.05) is 0 Å². The molecular weight excluding hydrogens is 142 g/mol. The zero-order valence-electron chi connectivity index (χ0n) is 6.55. The lowest BCUT2D eigenvalue weighted by Gasteiger charge is -2.08. The van der Waals surface area contributed by atoms with Crippen molar-refractivity contribution in [3.05, 3.63) is 0 Å². The van der Waals surface area contributed by atoms with Gasteiger partial charge >= 0.3 is 5.97 Å². The molecule has 0 aromatic heterocycles. The summed E-state index contributed by atoms with van der Waals surface area (Å²) in [7, 11) is 0. The summed E-state index contributed by atoms with van der Waals surface area (Å²) in [6.07, 6.45) is 2.66.